The highest BCUT2D eigenvalue weighted by atomic mass is 16.6. The minimum atomic E-state index is 0.189. The lowest BCUT2D eigenvalue weighted by Gasteiger charge is -2.39. The summed E-state index contributed by atoms with van der Waals surface area (Å²) in [6.07, 6.45) is 1.94. The largest absolute Gasteiger partial charge is 0.372 e. The lowest BCUT2D eigenvalue weighted by Crippen LogP contribution is -2.44. The molecule has 2 saturated heterocycles. The summed E-state index contributed by atoms with van der Waals surface area (Å²) in [5.41, 5.74) is 1.24. The predicted molar refractivity (Wildman–Crippen MR) is 48.4 cm³/mol. The van der Waals surface area contributed by atoms with Gasteiger partial charge in [-0.2, -0.15) is 0 Å². The maximum Gasteiger partial charge on any atom is 0.114 e. The average Bonchev–Trinajstić information content (AvgIpc) is 2.50. The Bertz CT molecular complexity index is 296. The Morgan fingerprint density at radius 3 is 2.77 bits per heavy atom. The van der Waals surface area contributed by atoms with Crippen LogP contribution in [0.5, 0.6) is 0 Å². The molecule has 1 aromatic carbocycles. The fraction of sp³-hybridized carbons (Fsp3) is 0.455. The van der Waals surface area contributed by atoms with Gasteiger partial charge in [0.25, 0.3) is 0 Å². The van der Waals surface area contributed by atoms with Crippen LogP contribution in [0.3, 0.4) is 0 Å². The molecular formula is C11H12O2. The molecule has 0 bridgehead atoms. The van der Waals surface area contributed by atoms with E-state index in [0.29, 0.717) is 12.2 Å². The van der Waals surface area contributed by atoms with Crippen molar-refractivity contribution in [2.75, 3.05) is 6.61 Å². The van der Waals surface area contributed by atoms with Crippen molar-refractivity contribution in [2.45, 2.75) is 24.7 Å². The molecule has 0 N–H and O–H groups in total. The van der Waals surface area contributed by atoms with Crippen LogP contribution in [0.2, 0.25) is 0 Å². The second-order valence-corrected chi connectivity index (χ2v) is 3.63. The van der Waals surface area contributed by atoms with Crippen LogP contribution >= 0.6 is 0 Å². The molecule has 1 aromatic rings. The highest BCUT2D eigenvalue weighted by Crippen LogP contribution is 2.42. The minimum absolute atomic E-state index is 0.189. The molecule has 0 unspecified atom stereocenters. The van der Waals surface area contributed by atoms with Crippen molar-refractivity contribution in [1.82, 2.24) is 0 Å². The summed E-state index contributed by atoms with van der Waals surface area (Å²) in [5, 5.41) is 0. The van der Waals surface area contributed by atoms with Gasteiger partial charge in [-0.05, 0) is 12.0 Å². The summed E-state index contributed by atoms with van der Waals surface area (Å²) in [7, 11) is 0. The zero-order valence-electron chi connectivity index (χ0n) is 7.35. The van der Waals surface area contributed by atoms with Gasteiger partial charge in [-0.1, -0.05) is 30.3 Å². The van der Waals surface area contributed by atoms with E-state index >= 15 is 0 Å². The molecule has 0 aromatic heterocycles. The topological polar surface area (TPSA) is 18.5 Å². The Labute approximate surface area is 77.5 Å². The SMILES string of the molecule is c1ccc([C@@H]2O[C@@H]3CCO[C@H]32)cc1. The predicted octanol–water partition coefficient (Wildman–Crippen LogP) is 1.92. The van der Waals surface area contributed by atoms with E-state index in [0.717, 1.165) is 13.0 Å². The monoisotopic (exact) mass is 176 g/mol. The van der Waals surface area contributed by atoms with Crippen molar-refractivity contribution < 1.29 is 9.47 Å². The van der Waals surface area contributed by atoms with E-state index < -0.39 is 0 Å². The van der Waals surface area contributed by atoms with Gasteiger partial charge in [-0.25, -0.2) is 0 Å². The van der Waals surface area contributed by atoms with Crippen LogP contribution in [0.25, 0.3) is 0 Å². The van der Waals surface area contributed by atoms with E-state index in [2.05, 4.69) is 12.1 Å². The molecule has 2 aliphatic rings. The second kappa shape index (κ2) is 2.82. The van der Waals surface area contributed by atoms with E-state index in [4.69, 9.17) is 9.47 Å². The fourth-order valence-electron chi connectivity index (χ4n) is 2.11. The van der Waals surface area contributed by atoms with Crippen molar-refractivity contribution in [3.63, 3.8) is 0 Å². The summed E-state index contributed by atoms with van der Waals surface area (Å²) in [5.74, 6) is 0. The average molecular weight is 176 g/mol. The molecule has 0 saturated carbocycles. The van der Waals surface area contributed by atoms with Gasteiger partial charge in [0.15, 0.2) is 0 Å². The molecule has 2 aliphatic heterocycles. The smallest absolute Gasteiger partial charge is 0.114 e. The van der Waals surface area contributed by atoms with Crippen LogP contribution in [-0.4, -0.2) is 18.8 Å². The molecule has 0 spiro atoms. The Morgan fingerprint density at radius 2 is 2.00 bits per heavy atom. The third-order valence-corrected chi connectivity index (χ3v) is 2.83. The number of rotatable bonds is 1. The van der Waals surface area contributed by atoms with Crippen molar-refractivity contribution in [3.8, 4) is 0 Å². The van der Waals surface area contributed by atoms with Gasteiger partial charge >= 0.3 is 0 Å². The second-order valence-electron chi connectivity index (χ2n) is 3.63. The van der Waals surface area contributed by atoms with Gasteiger partial charge in [-0.3, -0.25) is 0 Å². The molecule has 68 valence electrons. The molecule has 2 heteroatoms. The summed E-state index contributed by atoms with van der Waals surface area (Å²) in [6, 6.07) is 10.3. The third-order valence-electron chi connectivity index (χ3n) is 2.83. The lowest BCUT2D eigenvalue weighted by molar-refractivity contribution is -0.202. The summed E-state index contributed by atoms with van der Waals surface area (Å²) >= 11 is 0. The first-order chi connectivity index (χ1) is 6.45. The molecule has 0 aliphatic carbocycles. The quantitative estimate of drug-likeness (QED) is 0.650. The summed E-state index contributed by atoms with van der Waals surface area (Å²) < 4.78 is 11.3. The number of fused-ring (bicyclic) bond motifs is 1. The zero-order valence-corrected chi connectivity index (χ0v) is 7.35. The van der Waals surface area contributed by atoms with E-state index in [1.165, 1.54) is 5.56 Å². The maximum absolute atomic E-state index is 5.72. The fourth-order valence-corrected chi connectivity index (χ4v) is 2.11. The van der Waals surface area contributed by atoms with Gasteiger partial charge in [-0.15, -0.1) is 0 Å². The van der Waals surface area contributed by atoms with Crippen LogP contribution in [0.1, 0.15) is 18.1 Å². The summed E-state index contributed by atoms with van der Waals surface area (Å²) in [4.78, 5) is 0. The molecular weight excluding hydrogens is 164 g/mol. The molecule has 2 nitrogen and oxygen atoms in total. The highest BCUT2D eigenvalue weighted by Gasteiger charge is 2.47. The number of hydrogen-bond donors (Lipinski definition) is 0. The lowest BCUT2D eigenvalue weighted by atomic mass is 9.94. The van der Waals surface area contributed by atoms with Gasteiger partial charge < -0.3 is 9.47 Å². The Balaban J connectivity index is 1.81. The normalized spacial score (nSPS) is 36.8. The first-order valence-corrected chi connectivity index (χ1v) is 4.77. The van der Waals surface area contributed by atoms with Gasteiger partial charge in [0.1, 0.15) is 12.2 Å². The minimum Gasteiger partial charge on any atom is -0.372 e. The first-order valence-electron chi connectivity index (χ1n) is 4.77. The van der Waals surface area contributed by atoms with Crippen molar-refractivity contribution in [3.05, 3.63) is 35.9 Å². The number of hydrogen-bond acceptors (Lipinski definition) is 2. The Kier molecular flexibility index (Phi) is 1.64. The van der Waals surface area contributed by atoms with Crippen LogP contribution in [0.15, 0.2) is 30.3 Å². The first kappa shape index (κ1) is 7.54. The van der Waals surface area contributed by atoms with Crippen LogP contribution < -0.4 is 0 Å². The van der Waals surface area contributed by atoms with Crippen LogP contribution in [-0.2, 0) is 9.47 Å². The van der Waals surface area contributed by atoms with Crippen molar-refractivity contribution >= 4 is 0 Å². The van der Waals surface area contributed by atoms with Crippen molar-refractivity contribution in [1.29, 1.82) is 0 Å². The molecule has 2 fully saturated rings. The van der Waals surface area contributed by atoms with E-state index in [-0.39, 0.29) is 6.10 Å². The van der Waals surface area contributed by atoms with Gasteiger partial charge in [0.2, 0.25) is 0 Å². The highest BCUT2D eigenvalue weighted by molar-refractivity contribution is 5.22. The molecule has 2 heterocycles. The van der Waals surface area contributed by atoms with E-state index in [1.807, 2.05) is 18.2 Å². The molecule has 0 radical (unpaired) electrons. The molecule has 3 atom stereocenters. The Hall–Kier alpha value is -0.860. The summed E-state index contributed by atoms with van der Waals surface area (Å²) in [6.45, 7) is 0.860. The van der Waals surface area contributed by atoms with E-state index in [1.54, 1.807) is 0 Å². The molecule has 3 rings (SSSR count). The van der Waals surface area contributed by atoms with E-state index in [9.17, 15) is 0 Å². The molecule has 0 amide bonds. The van der Waals surface area contributed by atoms with Gasteiger partial charge in [0, 0.05) is 6.61 Å². The van der Waals surface area contributed by atoms with Crippen LogP contribution in [0.4, 0.5) is 0 Å². The van der Waals surface area contributed by atoms with Crippen molar-refractivity contribution in [2.24, 2.45) is 0 Å². The Morgan fingerprint density at radius 1 is 1.15 bits per heavy atom. The molecule has 13 heavy (non-hydrogen) atoms. The number of ether oxygens (including phenoxy) is 2. The van der Waals surface area contributed by atoms with Crippen LogP contribution in [0, 0.1) is 0 Å². The number of benzene rings is 1. The van der Waals surface area contributed by atoms with Gasteiger partial charge in [0.05, 0.1) is 6.10 Å². The standard InChI is InChI=1S/C11H12O2/c1-2-4-8(5-3-1)10-11-9(13-10)6-7-12-11/h1-5,9-11H,6-7H2/t9-,10+,11-/m1/s1. The third kappa shape index (κ3) is 1.10. The zero-order chi connectivity index (χ0) is 8.67. The maximum atomic E-state index is 5.72.